The number of aromatic nitrogens is 1. The molecule has 0 atom stereocenters. The summed E-state index contributed by atoms with van der Waals surface area (Å²) in [5, 5.41) is 6.96. The molecule has 0 spiro atoms. The Morgan fingerprint density at radius 1 is 1.19 bits per heavy atom. The van der Waals surface area contributed by atoms with Crippen molar-refractivity contribution < 1.29 is 0 Å². The van der Waals surface area contributed by atoms with Gasteiger partial charge in [0.25, 0.3) is 0 Å². The van der Waals surface area contributed by atoms with Gasteiger partial charge in [-0.2, -0.15) is 0 Å². The van der Waals surface area contributed by atoms with Gasteiger partial charge in [0, 0.05) is 49.8 Å². The minimum Gasteiger partial charge on any atom is -0.346 e. The van der Waals surface area contributed by atoms with Gasteiger partial charge in [-0.05, 0) is 38.6 Å². The molecular weight excluding hydrogens is 280 g/mol. The molecule has 118 valence electrons. The van der Waals surface area contributed by atoms with Crippen LogP contribution in [0.4, 0.5) is 5.13 Å². The second-order valence-corrected chi connectivity index (χ2v) is 7.17. The molecule has 0 unspecified atom stereocenters. The number of anilines is 1. The van der Waals surface area contributed by atoms with Crippen LogP contribution >= 0.6 is 11.3 Å². The molecule has 0 aromatic carbocycles. The molecular formula is C16H28N4S. The number of hydrogen-bond donors (Lipinski definition) is 1. The minimum atomic E-state index is 0.776. The smallest absolute Gasteiger partial charge is 0.185 e. The van der Waals surface area contributed by atoms with Gasteiger partial charge in [-0.3, -0.25) is 4.90 Å². The highest BCUT2D eigenvalue weighted by Crippen LogP contribution is 2.26. The van der Waals surface area contributed by atoms with E-state index in [0.717, 1.165) is 25.2 Å². The summed E-state index contributed by atoms with van der Waals surface area (Å²) in [4.78, 5) is 9.60. The molecule has 5 heteroatoms. The van der Waals surface area contributed by atoms with Gasteiger partial charge in [0.15, 0.2) is 5.13 Å². The zero-order chi connectivity index (χ0) is 14.5. The van der Waals surface area contributed by atoms with Gasteiger partial charge in [-0.1, -0.05) is 6.92 Å². The molecule has 1 aliphatic heterocycles. The van der Waals surface area contributed by atoms with Gasteiger partial charge < -0.3 is 10.2 Å². The molecule has 1 aromatic rings. The van der Waals surface area contributed by atoms with E-state index in [1.54, 1.807) is 11.3 Å². The van der Waals surface area contributed by atoms with Crippen molar-refractivity contribution in [3.05, 3.63) is 11.6 Å². The van der Waals surface area contributed by atoms with E-state index in [-0.39, 0.29) is 0 Å². The van der Waals surface area contributed by atoms with Crippen LogP contribution in [0.15, 0.2) is 11.6 Å². The summed E-state index contributed by atoms with van der Waals surface area (Å²) in [7, 11) is 0. The Hall–Kier alpha value is -0.650. The Bertz CT molecular complexity index is 392. The maximum absolute atomic E-state index is 4.43. The summed E-state index contributed by atoms with van der Waals surface area (Å²) in [5.74, 6) is 0. The Kier molecular flexibility index (Phi) is 5.49. The molecule has 4 nitrogen and oxygen atoms in total. The number of nitrogens with one attached hydrogen (secondary N) is 1. The van der Waals surface area contributed by atoms with Crippen molar-refractivity contribution in [3.8, 4) is 0 Å². The average Bonchev–Trinajstić information content (AvgIpc) is 3.08. The number of rotatable bonds is 5. The normalized spacial score (nSPS) is 28.0. The van der Waals surface area contributed by atoms with Crippen LogP contribution in [-0.4, -0.2) is 54.7 Å². The van der Waals surface area contributed by atoms with Gasteiger partial charge in [-0.15, -0.1) is 11.3 Å². The van der Waals surface area contributed by atoms with Gasteiger partial charge in [-0.25, -0.2) is 4.98 Å². The summed E-state index contributed by atoms with van der Waals surface area (Å²) in [5.41, 5.74) is 0. The zero-order valence-corrected chi connectivity index (χ0v) is 13.9. The van der Waals surface area contributed by atoms with Crippen molar-refractivity contribution in [3.63, 3.8) is 0 Å². The van der Waals surface area contributed by atoms with Crippen molar-refractivity contribution in [2.75, 3.05) is 37.6 Å². The Labute approximate surface area is 132 Å². The molecule has 1 aromatic heterocycles. The van der Waals surface area contributed by atoms with Crippen LogP contribution in [0.25, 0.3) is 0 Å². The average molecular weight is 308 g/mol. The third-order valence-electron chi connectivity index (χ3n) is 4.90. The Morgan fingerprint density at radius 2 is 1.95 bits per heavy atom. The fraction of sp³-hybridized carbons (Fsp3) is 0.812. The molecule has 21 heavy (non-hydrogen) atoms. The predicted octanol–water partition coefficient (Wildman–Crippen LogP) is 2.58. The first-order valence-corrected chi connectivity index (χ1v) is 9.36. The quantitative estimate of drug-likeness (QED) is 0.906. The first kappa shape index (κ1) is 15.3. The van der Waals surface area contributed by atoms with Gasteiger partial charge >= 0.3 is 0 Å². The summed E-state index contributed by atoms with van der Waals surface area (Å²) in [6.07, 6.45) is 8.63. The molecule has 1 saturated carbocycles. The molecule has 3 rings (SSSR count). The van der Waals surface area contributed by atoms with E-state index in [9.17, 15) is 0 Å². The lowest BCUT2D eigenvalue weighted by molar-refractivity contribution is 0.136. The molecule has 1 aliphatic carbocycles. The maximum Gasteiger partial charge on any atom is 0.185 e. The van der Waals surface area contributed by atoms with Gasteiger partial charge in [0.1, 0.15) is 0 Å². The third kappa shape index (κ3) is 3.96. The van der Waals surface area contributed by atoms with Crippen LogP contribution in [0.1, 0.15) is 39.0 Å². The van der Waals surface area contributed by atoms with Crippen LogP contribution in [0.2, 0.25) is 0 Å². The van der Waals surface area contributed by atoms with E-state index in [0.29, 0.717) is 0 Å². The Morgan fingerprint density at radius 3 is 2.57 bits per heavy atom. The summed E-state index contributed by atoms with van der Waals surface area (Å²) < 4.78 is 0. The topological polar surface area (TPSA) is 31.4 Å². The SMILES string of the molecule is CCCNC1CCC(N2CCN(c3nccs3)CC2)CC1. The monoisotopic (exact) mass is 308 g/mol. The van der Waals surface area contributed by atoms with Crippen LogP contribution in [-0.2, 0) is 0 Å². The van der Waals surface area contributed by atoms with Gasteiger partial charge in [0.05, 0.1) is 0 Å². The standard InChI is InChI=1S/C16H28N4S/c1-2-7-17-14-3-5-15(6-4-14)19-9-11-20(12-10-19)16-18-8-13-21-16/h8,13-15,17H,2-7,9-12H2,1H3. The highest BCUT2D eigenvalue weighted by Gasteiger charge is 2.28. The van der Waals surface area contributed by atoms with E-state index in [1.807, 2.05) is 6.20 Å². The van der Waals surface area contributed by atoms with E-state index in [2.05, 4.69) is 32.4 Å². The first-order valence-electron chi connectivity index (χ1n) is 8.48. The zero-order valence-electron chi connectivity index (χ0n) is 13.1. The van der Waals surface area contributed by atoms with Crippen LogP contribution in [0, 0.1) is 0 Å². The van der Waals surface area contributed by atoms with Crippen molar-refractivity contribution >= 4 is 16.5 Å². The lowest BCUT2D eigenvalue weighted by Crippen LogP contribution is -2.52. The van der Waals surface area contributed by atoms with E-state index in [4.69, 9.17) is 0 Å². The molecule has 0 amide bonds. The number of piperazine rings is 1. The minimum absolute atomic E-state index is 0.776. The third-order valence-corrected chi connectivity index (χ3v) is 5.73. The van der Waals surface area contributed by atoms with Crippen LogP contribution < -0.4 is 10.2 Å². The molecule has 2 aliphatic rings. The van der Waals surface area contributed by atoms with Crippen LogP contribution in [0.3, 0.4) is 0 Å². The fourth-order valence-electron chi connectivity index (χ4n) is 3.64. The summed E-state index contributed by atoms with van der Waals surface area (Å²) >= 11 is 1.76. The number of nitrogens with zero attached hydrogens (tertiary/aromatic N) is 3. The van der Waals surface area contributed by atoms with E-state index >= 15 is 0 Å². The molecule has 1 saturated heterocycles. The lowest BCUT2D eigenvalue weighted by atomic mass is 9.89. The van der Waals surface area contributed by atoms with E-state index < -0.39 is 0 Å². The molecule has 2 heterocycles. The predicted molar refractivity (Wildman–Crippen MR) is 90.2 cm³/mol. The maximum atomic E-state index is 4.43. The van der Waals surface area contributed by atoms with Gasteiger partial charge in [0.2, 0.25) is 0 Å². The second-order valence-electron chi connectivity index (χ2n) is 6.30. The number of hydrogen-bond acceptors (Lipinski definition) is 5. The fourth-order valence-corrected chi connectivity index (χ4v) is 4.34. The van der Waals surface area contributed by atoms with Crippen molar-refractivity contribution in [2.45, 2.75) is 51.1 Å². The highest BCUT2D eigenvalue weighted by atomic mass is 32.1. The van der Waals surface area contributed by atoms with Crippen LogP contribution in [0.5, 0.6) is 0 Å². The molecule has 2 fully saturated rings. The van der Waals surface area contributed by atoms with Crippen molar-refractivity contribution in [1.82, 2.24) is 15.2 Å². The van der Waals surface area contributed by atoms with E-state index in [1.165, 1.54) is 56.9 Å². The van der Waals surface area contributed by atoms with Crippen molar-refractivity contribution in [1.29, 1.82) is 0 Å². The largest absolute Gasteiger partial charge is 0.346 e. The second kappa shape index (κ2) is 7.56. The summed E-state index contributed by atoms with van der Waals surface area (Å²) in [6, 6.07) is 1.60. The van der Waals surface area contributed by atoms with Crippen molar-refractivity contribution in [2.24, 2.45) is 0 Å². The number of thiazole rings is 1. The molecule has 0 bridgehead atoms. The molecule has 0 radical (unpaired) electrons. The lowest BCUT2D eigenvalue weighted by Gasteiger charge is -2.42. The Balaban J connectivity index is 1.41. The molecule has 1 N–H and O–H groups in total. The first-order chi connectivity index (χ1) is 10.4. The highest BCUT2D eigenvalue weighted by molar-refractivity contribution is 7.13. The summed E-state index contributed by atoms with van der Waals surface area (Å²) in [6.45, 7) is 8.13.